The molecule has 4 nitrogen and oxygen atoms in total. The molecule has 0 fully saturated rings. The summed E-state index contributed by atoms with van der Waals surface area (Å²) in [7, 11) is -1.29. The molecule has 0 saturated carbocycles. The van der Waals surface area contributed by atoms with E-state index >= 15 is 0 Å². The fraction of sp³-hybridized carbons (Fsp3) is 0.195. The van der Waals surface area contributed by atoms with Crippen LogP contribution in [0.1, 0.15) is 27.8 Å². The molecule has 0 unspecified atom stereocenters. The van der Waals surface area contributed by atoms with Crippen LogP contribution >= 0.6 is 0 Å². The normalized spacial score (nSPS) is 11.2. The SMILES string of the molecule is Cc1cc[c-]c(-c2cc(C)c([Si](C)(C)C)cn2)c1.Cc1ccnc(-c2[c-]ccc3c2oc2nc(-c4c(C)cccc4C)ccc23)c1.[Ir]. The van der Waals surface area contributed by atoms with Crippen molar-refractivity contribution in [3.63, 3.8) is 0 Å². The summed E-state index contributed by atoms with van der Waals surface area (Å²) in [6.45, 7) is 17.6. The summed E-state index contributed by atoms with van der Waals surface area (Å²) in [4.78, 5) is 14.0. The van der Waals surface area contributed by atoms with Crippen LogP contribution in [0.2, 0.25) is 19.6 Å². The van der Waals surface area contributed by atoms with Crippen LogP contribution in [0.15, 0.2) is 95.7 Å². The number of aryl methyl sites for hydroxylation is 5. The standard InChI is InChI=1S/C25H19N2O.C16H20NSi.Ir/c1-15-12-13-26-22(14-15)20-9-5-8-18-19-10-11-21(27-25(19)28-24(18)20)23-16(2)6-4-7-17(23)3;1-12-7-6-8-14(9-12)15-10-13(2)16(11-17-15)18(3,4)5;/h4-8,10-14H,1-3H3;6-7,9-11H,1-5H3;/q2*-1;. The molecule has 4 heterocycles. The van der Waals surface area contributed by atoms with Crippen LogP contribution in [0.4, 0.5) is 0 Å². The summed E-state index contributed by atoms with van der Waals surface area (Å²) >= 11 is 0. The summed E-state index contributed by atoms with van der Waals surface area (Å²) in [5, 5.41) is 3.49. The van der Waals surface area contributed by atoms with Gasteiger partial charge in [-0.3, -0.25) is 0 Å². The Morgan fingerprint density at radius 1 is 0.660 bits per heavy atom. The van der Waals surface area contributed by atoms with Gasteiger partial charge in [0, 0.05) is 43.4 Å². The maximum atomic E-state index is 6.24. The summed E-state index contributed by atoms with van der Waals surface area (Å²) in [6.07, 6.45) is 3.88. The zero-order valence-electron chi connectivity index (χ0n) is 28.2. The van der Waals surface area contributed by atoms with Crippen molar-refractivity contribution in [3.05, 3.63) is 131 Å². The van der Waals surface area contributed by atoms with E-state index in [2.05, 4.69) is 131 Å². The molecule has 0 bridgehead atoms. The average Bonchev–Trinajstić information content (AvgIpc) is 3.39. The number of furan rings is 1. The Labute approximate surface area is 292 Å². The van der Waals surface area contributed by atoms with Crippen LogP contribution in [0.3, 0.4) is 0 Å². The fourth-order valence-electron chi connectivity index (χ4n) is 6.06. The number of rotatable bonds is 4. The number of nitrogens with zero attached hydrogens (tertiary/aromatic N) is 3. The van der Waals surface area contributed by atoms with Crippen LogP contribution < -0.4 is 5.19 Å². The molecular weight excluding hydrogens is 771 g/mol. The van der Waals surface area contributed by atoms with Gasteiger partial charge in [0.2, 0.25) is 5.71 Å². The number of hydrogen-bond acceptors (Lipinski definition) is 4. The van der Waals surface area contributed by atoms with Gasteiger partial charge in [-0.25, -0.2) is 4.98 Å². The van der Waals surface area contributed by atoms with Gasteiger partial charge in [-0.05, 0) is 73.6 Å². The van der Waals surface area contributed by atoms with E-state index in [0.717, 1.165) is 55.7 Å². The van der Waals surface area contributed by atoms with Gasteiger partial charge >= 0.3 is 0 Å². The van der Waals surface area contributed by atoms with E-state index in [1.54, 1.807) is 0 Å². The molecule has 7 rings (SSSR count). The van der Waals surface area contributed by atoms with Crippen LogP contribution in [0, 0.1) is 46.8 Å². The molecule has 0 spiro atoms. The first-order chi connectivity index (χ1) is 22.0. The van der Waals surface area contributed by atoms with Crippen molar-refractivity contribution in [2.45, 2.75) is 54.3 Å². The van der Waals surface area contributed by atoms with E-state index in [0.29, 0.717) is 5.71 Å². The molecule has 1 radical (unpaired) electrons. The molecule has 4 aromatic heterocycles. The van der Waals surface area contributed by atoms with Gasteiger partial charge in [0.1, 0.15) is 0 Å². The Morgan fingerprint density at radius 3 is 2.06 bits per heavy atom. The van der Waals surface area contributed by atoms with Crippen molar-refractivity contribution in [1.82, 2.24) is 15.0 Å². The zero-order valence-corrected chi connectivity index (χ0v) is 31.6. The predicted molar refractivity (Wildman–Crippen MR) is 194 cm³/mol. The summed E-state index contributed by atoms with van der Waals surface area (Å²) in [5.74, 6) is 0. The first-order valence-electron chi connectivity index (χ1n) is 15.7. The quantitative estimate of drug-likeness (QED) is 0.131. The van der Waals surface area contributed by atoms with E-state index < -0.39 is 8.07 Å². The van der Waals surface area contributed by atoms with Gasteiger partial charge in [-0.15, -0.1) is 53.6 Å². The third kappa shape index (κ3) is 7.21. The second kappa shape index (κ2) is 13.9. The number of hydrogen-bond donors (Lipinski definition) is 0. The Morgan fingerprint density at radius 2 is 1.38 bits per heavy atom. The van der Waals surface area contributed by atoms with Crippen LogP contribution in [-0.4, -0.2) is 23.0 Å². The Balaban J connectivity index is 0.000000199. The molecule has 47 heavy (non-hydrogen) atoms. The van der Waals surface area contributed by atoms with E-state index in [1.165, 1.54) is 27.4 Å². The van der Waals surface area contributed by atoms with Crippen LogP contribution in [-0.2, 0) is 20.1 Å². The van der Waals surface area contributed by atoms with E-state index in [9.17, 15) is 0 Å². The monoisotopic (exact) mass is 810 g/mol. The second-order valence-electron chi connectivity index (χ2n) is 13.1. The van der Waals surface area contributed by atoms with Crippen molar-refractivity contribution in [2.24, 2.45) is 0 Å². The topological polar surface area (TPSA) is 51.8 Å². The molecule has 0 amide bonds. The van der Waals surface area contributed by atoms with Gasteiger partial charge in [0.15, 0.2) is 0 Å². The van der Waals surface area contributed by atoms with Crippen LogP contribution in [0.25, 0.3) is 55.8 Å². The minimum absolute atomic E-state index is 0. The van der Waals surface area contributed by atoms with Crippen molar-refractivity contribution in [1.29, 1.82) is 0 Å². The first kappa shape index (κ1) is 34.1. The molecule has 7 aromatic rings. The Hall–Kier alpha value is -4.22. The molecular formula is C41H39IrN3OSi-2. The third-order valence-corrected chi connectivity index (χ3v) is 10.5. The molecule has 3 aromatic carbocycles. The number of pyridine rings is 3. The Bertz CT molecular complexity index is 2190. The minimum atomic E-state index is -1.29. The summed E-state index contributed by atoms with van der Waals surface area (Å²) in [5.41, 5.74) is 13.5. The van der Waals surface area contributed by atoms with Crippen LogP contribution in [0.5, 0.6) is 0 Å². The molecule has 0 N–H and O–H groups in total. The van der Waals surface area contributed by atoms with Gasteiger partial charge in [-0.1, -0.05) is 79.0 Å². The number of benzene rings is 3. The number of fused-ring (bicyclic) bond motifs is 3. The smallest absolute Gasteiger partial charge is 0.216 e. The molecule has 0 aliphatic rings. The molecule has 0 saturated heterocycles. The largest absolute Gasteiger partial charge is 0.486 e. The number of aromatic nitrogens is 3. The van der Waals surface area contributed by atoms with Crippen molar-refractivity contribution < 1.29 is 24.5 Å². The van der Waals surface area contributed by atoms with Gasteiger partial charge < -0.3 is 14.4 Å². The Kier molecular flexibility index (Phi) is 10.1. The second-order valence-corrected chi connectivity index (χ2v) is 18.2. The van der Waals surface area contributed by atoms with Crippen molar-refractivity contribution in [3.8, 4) is 33.8 Å². The van der Waals surface area contributed by atoms with Crippen molar-refractivity contribution in [2.75, 3.05) is 0 Å². The molecule has 239 valence electrons. The van der Waals surface area contributed by atoms with E-state index in [-0.39, 0.29) is 20.1 Å². The third-order valence-electron chi connectivity index (χ3n) is 8.36. The zero-order chi connectivity index (χ0) is 32.6. The maximum Gasteiger partial charge on any atom is 0.216 e. The van der Waals surface area contributed by atoms with E-state index in [4.69, 9.17) is 9.40 Å². The predicted octanol–water partition coefficient (Wildman–Crippen LogP) is 10.1. The molecule has 0 aliphatic carbocycles. The minimum Gasteiger partial charge on any atom is -0.486 e. The van der Waals surface area contributed by atoms with Crippen molar-refractivity contribution >= 4 is 35.3 Å². The first-order valence-corrected chi connectivity index (χ1v) is 19.2. The summed E-state index contributed by atoms with van der Waals surface area (Å²) in [6, 6.07) is 33.4. The maximum absolute atomic E-state index is 6.24. The molecule has 0 aliphatic heterocycles. The van der Waals surface area contributed by atoms with Gasteiger partial charge in [0.05, 0.1) is 19.4 Å². The molecule has 0 atom stereocenters. The van der Waals surface area contributed by atoms with Gasteiger partial charge in [-0.2, -0.15) is 0 Å². The van der Waals surface area contributed by atoms with Gasteiger partial charge in [0.25, 0.3) is 0 Å². The average molecular weight is 810 g/mol. The fourth-order valence-corrected chi connectivity index (χ4v) is 7.77. The summed E-state index contributed by atoms with van der Waals surface area (Å²) < 4.78 is 6.24. The van der Waals surface area contributed by atoms with E-state index in [1.807, 2.05) is 36.5 Å². The molecule has 6 heteroatoms.